The van der Waals surface area contributed by atoms with Gasteiger partial charge in [-0.3, -0.25) is 0 Å². The molecule has 1 radical (unpaired) electrons. The van der Waals surface area contributed by atoms with Gasteiger partial charge in [0.2, 0.25) is 0 Å². The smallest absolute Gasteiger partial charge is 0.102 e. The van der Waals surface area contributed by atoms with Gasteiger partial charge in [0.1, 0.15) is 47.7 Å². The normalized spacial score (nSPS) is 10.1. The molecule has 0 amide bonds. The van der Waals surface area contributed by atoms with Crippen molar-refractivity contribution in [3.05, 3.63) is 283 Å². The van der Waals surface area contributed by atoms with Gasteiger partial charge in [-0.2, -0.15) is 0 Å². The summed E-state index contributed by atoms with van der Waals surface area (Å²) in [6.45, 7) is 0. The molecular formula is C54H48IrNOP3+2. The molecule has 0 bridgehead atoms. The maximum Gasteiger partial charge on any atom is 0.102 e. The minimum atomic E-state index is -0.877. The summed E-state index contributed by atoms with van der Waals surface area (Å²) in [5, 5.41) is 12.9. The zero-order valence-electron chi connectivity index (χ0n) is 33.2. The molecule has 9 rings (SSSR count). The molecule has 0 saturated heterocycles. The minimum absolute atomic E-state index is 0. The van der Waals surface area contributed by atoms with E-state index in [4.69, 9.17) is 10.5 Å². The van der Waals surface area contributed by atoms with E-state index in [-0.39, 0.29) is 20.1 Å². The Kier molecular flexibility index (Phi) is 19.7. The van der Waals surface area contributed by atoms with Crippen molar-refractivity contribution in [2.75, 3.05) is 0 Å². The Morgan fingerprint density at radius 2 is 0.267 bits per heavy atom. The quantitative estimate of drug-likeness (QED) is 0.133. The van der Waals surface area contributed by atoms with Gasteiger partial charge < -0.3 is 10.5 Å². The van der Waals surface area contributed by atoms with Crippen molar-refractivity contribution in [2.24, 2.45) is 0 Å². The van der Waals surface area contributed by atoms with E-state index >= 15 is 0 Å². The predicted octanol–water partition coefficient (Wildman–Crippen LogP) is 9.85. The Hall–Kier alpha value is -5.48. The van der Waals surface area contributed by atoms with Crippen molar-refractivity contribution in [2.45, 2.75) is 0 Å². The monoisotopic (exact) mass is 1010 g/mol. The van der Waals surface area contributed by atoms with E-state index in [1.165, 1.54) is 47.7 Å². The van der Waals surface area contributed by atoms with E-state index in [0.29, 0.717) is 0 Å². The van der Waals surface area contributed by atoms with E-state index in [9.17, 15) is 0 Å². The van der Waals surface area contributed by atoms with Crippen LogP contribution >= 0.6 is 23.8 Å². The largest absolute Gasteiger partial charge is 0.577 e. The van der Waals surface area contributed by atoms with E-state index in [1.54, 1.807) is 0 Å². The van der Waals surface area contributed by atoms with E-state index in [2.05, 4.69) is 273 Å². The van der Waals surface area contributed by atoms with Crippen molar-refractivity contribution in [1.29, 1.82) is 0 Å². The Morgan fingerprint density at radius 3 is 0.350 bits per heavy atom. The molecule has 0 aliphatic heterocycles. The number of benzene rings is 9. The van der Waals surface area contributed by atoms with Gasteiger partial charge in [-0.1, -0.05) is 164 Å². The standard InChI is InChI=1S/3C18H15P.Ir.NO/c3*1-4-10-16(11-5-1)19(17-12-6-2-7-13-17)18-14-8-3-9-15-18;;1-2/h3*1-15H;;/q;;;;-1/p+3. The summed E-state index contributed by atoms with van der Waals surface area (Å²) in [7, 11) is -2.63. The molecule has 0 N–H and O–H groups in total. The second-order valence-electron chi connectivity index (χ2n) is 13.4. The summed E-state index contributed by atoms with van der Waals surface area (Å²) in [5.74, 6) is 0. The Labute approximate surface area is 372 Å². The average Bonchev–Trinajstić information content (AvgIpc) is 3.34. The number of rotatable bonds is 9. The summed E-state index contributed by atoms with van der Waals surface area (Å²) >= 11 is 0. The fraction of sp³-hybridized carbons (Fsp3) is 0. The topological polar surface area (TPSA) is 39.4 Å². The third-order valence-electron chi connectivity index (χ3n) is 9.56. The maximum absolute atomic E-state index is 7.25. The van der Waals surface area contributed by atoms with Gasteiger partial charge in [0.05, 0.1) is 23.8 Å². The third-order valence-corrected chi connectivity index (χ3v) is 17.8. The second-order valence-corrected chi connectivity index (χ2v) is 20.9. The molecule has 0 aromatic heterocycles. The predicted molar refractivity (Wildman–Crippen MR) is 266 cm³/mol. The van der Waals surface area contributed by atoms with Gasteiger partial charge >= 0.3 is 0 Å². The van der Waals surface area contributed by atoms with Crippen molar-refractivity contribution in [3.63, 3.8) is 0 Å². The Bertz CT molecular complexity index is 1890. The average molecular weight is 1010 g/mol. The van der Waals surface area contributed by atoms with E-state index < -0.39 is 23.8 Å². The first-order valence-corrected chi connectivity index (χ1v) is 24.1. The van der Waals surface area contributed by atoms with Crippen LogP contribution < -0.4 is 47.7 Å². The second kappa shape index (κ2) is 25.9. The van der Waals surface area contributed by atoms with Crippen LogP contribution in [-0.2, 0) is 20.1 Å². The first-order valence-electron chi connectivity index (χ1n) is 19.6. The molecule has 0 heterocycles. The van der Waals surface area contributed by atoms with Crippen LogP contribution in [0, 0.1) is 4.91 Å². The molecule has 0 aliphatic rings. The Morgan fingerprint density at radius 1 is 0.183 bits per heavy atom. The van der Waals surface area contributed by atoms with Crippen LogP contribution in [-0.4, -0.2) is 0 Å². The maximum atomic E-state index is 7.25. The van der Waals surface area contributed by atoms with Gasteiger partial charge in [0, 0.05) is 20.1 Å². The first-order chi connectivity index (χ1) is 29.3. The molecule has 0 saturated carbocycles. The molecule has 0 unspecified atom stereocenters. The number of hydrogen-bond acceptors (Lipinski definition) is 1. The summed E-state index contributed by atoms with van der Waals surface area (Å²) in [6.07, 6.45) is 0. The molecule has 6 heteroatoms. The van der Waals surface area contributed by atoms with Crippen LogP contribution in [0.3, 0.4) is 0 Å². The molecule has 60 heavy (non-hydrogen) atoms. The Balaban J connectivity index is 0.000000166. The zero-order chi connectivity index (χ0) is 40.7. The van der Waals surface area contributed by atoms with Gasteiger partial charge in [-0.25, -0.2) is 0 Å². The van der Waals surface area contributed by atoms with Gasteiger partial charge in [-0.05, 0) is 109 Å². The van der Waals surface area contributed by atoms with Crippen LogP contribution in [0.1, 0.15) is 0 Å². The van der Waals surface area contributed by atoms with Crippen molar-refractivity contribution in [1.82, 2.24) is 0 Å². The number of nitroso groups, excluding NO2 is 1. The van der Waals surface area contributed by atoms with Crippen LogP contribution in [0.4, 0.5) is 0 Å². The van der Waals surface area contributed by atoms with Crippen LogP contribution in [0.15, 0.2) is 273 Å². The summed E-state index contributed by atoms with van der Waals surface area (Å²) in [5.41, 5.74) is 5.75. The molecule has 0 spiro atoms. The third kappa shape index (κ3) is 13.3. The first kappa shape index (κ1) is 45.6. The molecule has 9 aromatic rings. The van der Waals surface area contributed by atoms with Gasteiger partial charge in [0.25, 0.3) is 0 Å². The van der Waals surface area contributed by atoms with Crippen molar-refractivity contribution >= 4 is 71.5 Å². The number of hydrogen-bond donors (Lipinski definition) is 0. The van der Waals surface area contributed by atoms with Crippen molar-refractivity contribution < 1.29 is 20.1 Å². The van der Waals surface area contributed by atoms with Crippen LogP contribution in [0.25, 0.3) is 5.59 Å². The molecule has 0 aliphatic carbocycles. The van der Waals surface area contributed by atoms with E-state index in [1.807, 2.05) is 0 Å². The van der Waals surface area contributed by atoms with Crippen LogP contribution in [0.2, 0.25) is 0 Å². The molecule has 297 valence electrons. The van der Waals surface area contributed by atoms with E-state index in [0.717, 1.165) is 0 Å². The van der Waals surface area contributed by atoms with Gasteiger partial charge in [0.15, 0.2) is 0 Å². The van der Waals surface area contributed by atoms with Crippen molar-refractivity contribution in [3.8, 4) is 0 Å². The summed E-state index contributed by atoms with van der Waals surface area (Å²) in [6, 6.07) is 97.5. The SMILES string of the molecule is [Ir].[N-]=O.c1ccc([PH+](c2ccccc2)c2ccccc2)cc1.c1ccc([PH+](c2ccccc2)c2ccccc2)cc1.c1ccc([PH+](c2ccccc2)c2ccccc2)cc1. The zero-order valence-corrected chi connectivity index (χ0v) is 38.6. The fourth-order valence-corrected chi connectivity index (χ4v) is 14.7. The summed E-state index contributed by atoms with van der Waals surface area (Å²) < 4.78 is 0. The molecule has 2 nitrogen and oxygen atoms in total. The molecule has 0 fully saturated rings. The molecule has 0 atom stereocenters. The minimum Gasteiger partial charge on any atom is -0.577 e. The van der Waals surface area contributed by atoms with Crippen LogP contribution in [0.5, 0.6) is 0 Å². The summed E-state index contributed by atoms with van der Waals surface area (Å²) in [4.78, 5) is 7.25. The number of nitrogens with zero attached hydrogens (tertiary/aromatic N) is 1. The molecular weight excluding hydrogens is 964 g/mol. The fourth-order valence-electron chi connectivity index (χ4n) is 6.94. The van der Waals surface area contributed by atoms with Gasteiger partial charge in [-0.15, -0.1) is 0 Å². The molecule has 9 aromatic carbocycles.